The summed E-state index contributed by atoms with van der Waals surface area (Å²) < 4.78 is 5.57. The van der Waals surface area contributed by atoms with Gasteiger partial charge in [-0.1, -0.05) is 29.3 Å². The van der Waals surface area contributed by atoms with Gasteiger partial charge >= 0.3 is 0 Å². The quantitative estimate of drug-likeness (QED) is 0.765. The van der Waals surface area contributed by atoms with E-state index in [1.165, 1.54) is 6.20 Å². The number of hydrogen-bond donors (Lipinski definition) is 2. The number of nitrogens with one attached hydrogen (secondary N) is 1. The molecule has 0 saturated carbocycles. The number of aliphatic imine (C=N–C) groups is 1. The van der Waals surface area contributed by atoms with Crippen molar-refractivity contribution in [2.45, 2.75) is 6.42 Å². The van der Waals surface area contributed by atoms with Crippen molar-refractivity contribution in [1.29, 1.82) is 0 Å². The molecule has 27 heavy (non-hydrogen) atoms. The molecule has 6 nitrogen and oxygen atoms in total. The Hall–Kier alpha value is -2.57. The Kier molecular flexibility index (Phi) is 5.98. The lowest BCUT2D eigenvalue weighted by molar-refractivity contribution is 0.0957. The molecular formula is C19H18Cl2N4O2. The van der Waals surface area contributed by atoms with Crippen LogP contribution in [-0.4, -0.2) is 37.3 Å². The van der Waals surface area contributed by atoms with E-state index in [2.05, 4.69) is 15.3 Å². The first-order valence-electron chi connectivity index (χ1n) is 8.26. The van der Waals surface area contributed by atoms with Crippen molar-refractivity contribution in [1.82, 2.24) is 10.3 Å². The van der Waals surface area contributed by atoms with Gasteiger partial charge in [0.25, 0.3) is 5.91 Å². The Morgan fingerprint density at radius 2 is 2.22 bits per heavy atom. The van der Waals surface area contributed by atoms with Crippen molar-refractivity contribution in [3.63, 3.8) is 0 Å². The number of rotatable bonds is 4. The molecule has 140 valence electrons. The SMILES string of the molecule is CN=C/C(=C\N)c1ccc(Cc2cc3c(c(Cl)c2Cl)OCCNC3=O)cn1. The summed E-state index contributed by atoms with van der Waals surface area (Å²) in [4.78, 5) is 20.6. The van der Waals surface area contributed by atoms with Crippen LogP contribution >= 0.6 is 23.2 Å². The van der Waals surface area contributed by atoms with Gasteiger partial charge in [-0.2, -0.15) is 0 Å². The molecule has 1 aliphatic rings. The van der Waals surface area contributed by atoms with Crippen molar-refractivity contribution in [3.8, 4) is 5.75 Å². The highest BCUT2D eigenvalue weighted by atomic mass is 35.5. The molecule has 2 heterocycles. The number of nitrogens with zero attached hydrogens (tertiary/aromatic N) is 2. The van der Waals surface area contributed by atoms with Gasteiger partial charge in [0.2, 0.25) is 0 Å². The maximum atomic E-state index is 12.3. The molecule has 0 bridgehead atoms. The van der Waals surface area contributed by atoms with E-state index in [4.69, 9.17) is 33.7 Å². The van der Waals surface area contributed by atoms with Crippen molar-refractivity contribution < 1.29 is 9.53 Å². The van der Waals surface area contributed by atoms with Crippen molar-refractivity contribution >= 4 is 40.9 Å². The summed E-state index contributed by atoms with van der Waals surface area (Å²) in [5.41, 5.74) is 9.06. The normalized spacial score (nSPS) is 14.5. The summed E-state index contributed by atoms with van der Waals surface area (Å²) in [6.07, 6.45) is 5.30. The van der Waals surface area contributed by atoms with Gasteiger partial charge in [0.15, 0.2) is 5.75 Å². The zero-order valence-corrected chi connectivity index (χ0v) is 16.1. The molecule has 0 spiro atoms. The van der Waals surface area contributed by atoms with E-state index in [0.717, 1.165) is 16.7 Å². The van der Waals surface area contributed by atoms with E-state index in [1.807, 2.05) is 12.1 Å². The third-order valence-corrected chi connectivity index (χ3v) is 4.97. The number of amides is 1. The first-order chi connectivity index (χ1) is 13.0. The predicted molar refractivity (Wildman–Crippen MR) is 108 cm³/mol. The molecule has 0 unspecified atom stereocenters. The molecule has 0 atom stereocenters. The average molecular weight is 405 g/mol. The summed E-state index contributed by atoms with van der Waals surface area (Å²) in [5.74, 6) is 0.0952. The fourth-order valence-electron chi connectivity index (χ4n) is 2.77. The molecule has 1 aliphatic heterocycles. The van der Waals surface area contributed by atoms with Crippen molar-refractivity contribution in [2.24, 2.45) is 10.7 Å². The molecule has 3 N–H and O–H groups in total. The minimum absolute atomic E-state index is 0.229. The van der Waals surface area contributed by atoms with Gasteiger partial charge in [-0.15, -0.1) is 0 Å². The van der Waals surface area contributed by atoms with Crippen molar-refractivity contribution in [3.05, 3.63) is 63.0 Å². The molecular weight excluding hydrogens is 387 g/mol. The number of nitrogens with two attached hydrogens (primary N) is 1. The minimum Gasteiger partial charge on any atom is -0.489 e. The lowest BCUT2D eigenvalue weighted by Crippen LogP contribution is -2.24. The molecule has 0 aliphatic carbocycles. The van der Waals surface area contributed by atoms with E-state index in [0.29, 0.717) is 41.6 Å². The number of benzene rings is 1. The van der Waals surface area contributed by atoms with Crippen LogP contribution in [0.4, 0.5) is 0 Å². The van der Waals surface area contributed by atoms with Gasteiger partial charge in [0, 0.05) is 37.7 Å². The number of carbonyl (C=O) groups is 1. The first kappa shape index (κ1) is 19.2. The Morgan fingerprint density at radius 1 is 1.41 bits per heavy atom. The van der Waals surface area contributed by atoms with E-state index in [9.17, 15) is 4.79 Å². The number of hydrogen-bond acceptors (Lipinski definition) is 5. The fraction of sp³-hybridized carbons (Fsp3) is 0.211. The van der Waals surface area contributed by atoms with Crippen LogP contribution in [0.25, 0.3) is 5.57 Å². The number of fused-ring (bicyclic) bond motifs is 1. The monoisotopic (exact) mass is 404 g/mol. The highest BCUT2D eigenvalue weighted by Crippen LogP contribution is 2.39. The number of halogens is 2. The number of pyridine rings is 1. The largest absolute Gasteiger partial charge is 0.489 e. The molecule has 1 aromatic carbocycles. The average Bonchev–Trinajstić information content (AvgIpc) is 2.86. The Labute approximate surface area is 167 Å². The van der Waals surface area contributed by atoms with Gasteiger partial charge < -0.3 is 15.8 Å². The highest BCUT2D eigenvalue weighted by Gasteiger charge is 2.23. The minimum atomic E-state index is -0.229. The molecule has 0 fully saturated rings. The highest BCUT2D eigenvalue weighted by molar-refractivity contribution is 6.44. The first-order valence-corrected chi connectivity index (χ1v) is 9.02. The van der Waals surface area contributed by atoms with Crippen LogP contribution in [0.5, 0.6) is 5.75 Å². The predicted octanol–water partition coefficient (Wildman–Crippen LogP) is 3.10. The van der Waals surface area contributed by atoms with Crippen LogP contribution in [0.3, 0.4) is 0 Å². The van der Waals surface area contributed by atoms with Gasteiger partial charge in [-0.25, -0.2) is 0 Å². The number of allylic oxidation sites excluding steroid dienone is 1. The lowest BCUT2D eigenvalue weighted by Gasteiger charge is -2.13. The topological polar surface area (TPSA) is 89.6 Å². The van der Waals surface area contributed by atoms with E-state index < -0.39 is 0 Å². The number of aromatic nitrogens is 1. The molecule has 0 saturated heterocycles. The van der Waals surface area contributed by atoms with Crippen LogP contribution in [0, 0.1) is 0 Å². The van der Waals surface area contributed by atoms with Crippen LogP contribution in [-0.2, 0) is 6.42 Å². The summed E-state index contributed by atoms with van der Waals surface area (Å²) >= 11 is 12.8. The summed E-state index contributed by atoms with van der Waals surface area (Å²) in [5, 5.41) is 3.39. The Bertz CT molecular complexity index is 924. The molecule has 3 rings (SSSR count). The van der Waals surface area contributed by atoms with Gasteiger partial charge in [-0.3, -0.25) is 14.8 Å². The second-order valence-corrected chi connectivity index (χ2v) is 6.64. The van der Waals surface area contributed by atoms with Gasteiger partial charge in [0.05, 0.1) is 22.8 Å². The maximum absolute atomic E-state index is 12.3. The van der Waals surface area contributed by atoms with E-state index >= 15 is 0 Å². The lowest BCUT2D eigenvalue weighted by atomic mass is 10.0. The standard InChI is InChI=1S/C19H18Cl2N4O2/c1-23-10-13(8-22)15-3-2-11(9-25-15)6-12-7-14-18(17(21)16(12)20)27-5-4-24-19(14)26/h2-3,7-10H,4-6,22H2,1H3,(H,24,26)/b13-8+,23-10?. The summed E-state index contributed by atoms with van der Waals surface area (Å²) in [6.45, 7) is 0.762. The zero-order chi connectivity index (χ0) is 19.4. The van der Waals surface area contributed by atoms with Crippen molar-refractivity contribution in [2.75, 3.05) is 20.2 Å². The van der Waals surface area contributed by atoms with E-state index in [1.54, 1.807) is 25.5 Å². The molecule has 1 amide bonds. The summed E-state index contributed by atoms with van der Waals surface area (Å²) in [7, 11) is 1.67. The number of carbonyl (C=O) groups excluding carboxylic acids is 1. The van der Waals surface area contributed by atoms with Crippen LogP contribution < -0.4 is 15.8 Å². The zero-order valence-electron chi connectivity index (χ0n) is 14.6. The third kappa shape index (κ3) is 4.07. The van der Waals surface area contributed by atoms with Crippen LogP contribution in [0.1, 0.15) is 27.2 Å². The van der Waals surface area contributed by atoms with E-state index in [-0.39, 0.29) is 10.9 Å². The van der Waals surface area contributed by atoms with Crippen LogP contribution in [0.15, 0.2) is 35.6 Å². The Morgan fingerprint density at radius 3 is 2.89 bits per heavy atom. The van der Waals surface area contributed by atoms with Gasteiger partial charge in [0.1, 0.15) is 11.6 Å². The van der Waals surface area contributed by atoms with Gasteiger partial charge in [-0.05, 0) is 23.3 Å². The molecule has 0 radical (unpaired) electrons. The molecule has 2 aromatic rings. The second-order valence-electron chi connectivity index (χ2n) is 5.88. The third-order valence-electron chi connectivity index (χ3n) is 4.08. The summed E-state index contributed by atoms with van der Waals surface area (Å²) in [6, 6.07) is 5.49. The number of ether oxygens (including phenoxy) is 1. The molecule has 8 heteroatoms. The Balaban J connectivity index is 1.92. The molecule has 1 aromatic heterocycles. The van der Waals surface area contributed by atoms with Crippen LogP contribution in [0.2, 0.25) is 10.0 Å². The fourth-order valence-corrected chi connectivity index (χ4v) is 3.25. The second kappa shape index (κ2) is 8.41. The maximum Gasteiger partial charge on any atom is 0.255 e. The smallest absolute Gasteiger partial charge is 0.255 e.